The molecule has 0 spiro atoms. The molecule has 1 N–H and O–H groups in total. The summed E-state index contributed by atoms with van der Waals surface area (Å²) in [6.45, 7) is 7.21. The van der Waals surface area contributed by atoms with Crippen LogP contribution in [-0.4, -0.2) is 41.3 Å². The Kier molecular flexibility index (Phi) is 5.50. The molecule has 0 bridgehead atoms. The number of rotatable bonds is 5. The van der Waals surface area contributed by atoms with Crippen molar-refractivity contribution in [2.45, 2.75) is 32.1 Å². The molecular weight excluding hydrogens is 286 g/mol. The van der Waals surface area contributed by atoms with Crippen LogP contribution < -0.4 is 5.32 Å². The van der Waals surface area contributed by atoms with E-state index in [-0.39, 0.29) is 11.8 Å². The third kappa shape index (κ3) is 4.39. The fraction of sp³-hybridized carbons (Fsp3) is 0.533. The van der Waals surface area contributed by atoms with Gasteiger partial charge in [-0.05, 0) is 18.9 Å². The van der Waals surface area contributed by atoms with Gasteiger partial charge in [-0.2, -0.15) is 0 Å². The van der Waals surface area contributed by atoms with Gasteiger partial charge in [0, 0.05) is 44.3 Å². The lowest BCUT2D eigenvalue weighted by Gasteiger charge is -2.31. The molecule has 1 fully saturated rings. The molecular formula is C15H21N3O2S. The molecule has 0 radical (unpaired) electrons. The highest BCUT2D eigenvalue weighted by Crippen LogP contribution is 2.29. The van der Waals surface area contributed by atoms with E-state index in [1.54, 1.807) is 11.3 Å². The Morgan fingerprint density at radius 3 is 3.14 bits per heavy atom. The van der Waals surface area contributed by atoms with Gasteiger partial charge in [-0.1, -0.05) is 6.58 Å². The highest BCUT2D eigenvalue weighted by Gasteiger charge is 2.25. The Balaban J connectivity index is 1.92. The Morgan fingerprint density at radius 1 is 1.62 bits per heavy atom. The maximum absolute atomic E-state index is 11.7. The lowest BCUT2D eigenvalue weighted by molar-refractivity contribution is -0.127. The van der Waals surface area contributed by atoms with E-state index in [1.165, 1.54) is 13.0 Å². The van der Waals surface area contributed by atoms with Gasteiger partial charge in [0.25, 0.3) is 0 Å². The topological polar surface area (TPSA) is 62.3 Å². The number of piperidine rings is 1. The molecule has 2 amide bonds. The molecule has 5 nitrogen and oxygen atoms in total. The summed E-state index contributed by atoms with van der Waals surface area (Å²) in [5, 5.41) is 5.91. The molecule has 1 atom stereocenters. The van der Waals surface area contributed by atoms with Crippen LogP contribution in [-0.2, 0) is 16.0 Å². The van der Waals surface area contributed by atoms with Crippen LogP contribution in [0.1, 0.15) is 36.4 Å². The number of aromatic nitrogens is 1. The van der Waals surface area contributed by atoms with Crippen molar-refractivity contribution >= 4 is 23.2 Å². The second-order valence-electron chi connectivity index (χ2n) is 5.24. The second-order valence-corrected chi connectivity index (χ2v) is 6.13. The summed E-state index contributed by atoms with van der Waals surface area (Å²) in [6.07, 6.45) is 4.20. The number of hydrogen-bond acceptors (Lipinski definition) is 4. The fourth-order valence-corrected chi connectivity index (χ4v) is 3.48. The quantitative estimate of drug-likeness (QED) is 0.843. The molecule has 0 saturated carbocycles. The number of hydrogen-bond donors (Lipinski definition) is 1. The third-order valence-electron chi connectivity index (χ3n) is 3.58. The van der Waals surface area contributed by atoms with Gasteiger partial charge in [0.1, 0.15) is 0 Å². The Hall–Kier alpha value is -1.69. The minimum atomic E-state index is -0.0173. The summed E-state index contributed by atoms with van der Waals surface area (Å²) in [7, 11) is 0. The molecule has 114 valence electrons. The average molecular weight is 307 g/mol. The molecule has 0 aromatic carbocycles. The van der Waals surface area contributed by atoms with E-state index >= 15 is 0 Å². The maximum Gasteiger partial charge on any atom is 0.245 e. The van der Waals surface area contributed by atoms with Crippen molar-refractivity contribution in [2.75, 3.05) is 19.6 Å². The summed E-state index contributed by atoms with van der Waals surface area (Å²) < 4.78 is 0. The standard InChI is InChI=1S/C15H21N3O2S/c1-3-14(20)18-8-4-5-12(9-18)15-17-13(10-21-15)6-7-16-11(2)19/h3,10,12H,1,4-9H2,2H3,(H,16,19). The predicted molar refractivity (Wildman–Crippen MR) is 83.3 cm³/mol. The Bertz CT molecular complexity index is 527. The second kappa shape index (κ2) is 7.36. The van der Waals surface area contributed by atoms with Crippen molar-refractivity contribution in [3.8, 4) is 0 Å². The first kappa shape index (κ1) is 15.7. The third-order valence-corrected chi connectivity index (χ3v) is 4.64. The van der Waals surface area contributed by atoms with E-state index in [9.17, 15) is 9.59 Å². The van der Waals surface area contributed by atoms with Crippen LogP contribution in [0.2, 0.25) is 0 Å². The molecule has 21 heavy (non-hydrogen) atoms. The highest BCUT2D eigenvalue weighted by atomic mass is 32.1. The van der Waals surface area contributed by atoms with E-state index in [0.717, 1.165) is 43.1 Å². The molecule has 6 heteroatoms. The smallest absolute Gasteiger partial charge is 0.245 e. The molecule has 2 heterocycles. The molecule has 0 aliphatic carbocycles. The summed E-state index contributed by atoms with van der Waals surface area (Å²) in [6, 6.07) is 0. The van der Waals surface area contributed by atoms with Gasteiger partial charge in [0.05, 0.1) is 10.7 Å². The first-order valence-electron chi connectivity index (χ1n) is 7.20. The van der Waals surface area contributed by atoms with Gasteiger partial charge in [0.2, 0.25) is 11.8 Å². The lowest BCUT2D eigenvalue weighted by Crippen LogP contribution is -2.38. The zero-order chi connectivity index (χ0) is 15.2. The van der Waals surface area contributed by atoms with Crippen LogP contribution in [0.15, 0.2) is 18.0 Å². The van der Waals surface area contributed by atoms with E-state index in [1.807, 2.05) is 10.3 Å². The number of amides is 2. The van der Waals surface area contributed by atoms with E-state index in [4.69, 9.17) is 0 Å². The van der Waals surface area contributed by atoms with Crippen LogP contribution >= 0.6 is 11.3 Å². The summed E-state index contributed by atoms with van der Waals surface area (Å²) >= 11 is 1.65. The first-order valence-corrected chi connectivity index (χ1v) is 8.08. The molecule has 2 rings (SSSR count). The van der Waals surface area contributed by atoms with Gasteiger partial charge in [-0.15, -0.1) is 11.3 Å². The van der Waals surface area contributed by atoms with Gasteiger partial charge < -0.3 is 10.2 Å². The van der Waals surface area contributed by atoms with Crippen molar-refractivity contribution in [3.63, 3.8) is 0 Å². The number of carbonyl (C=O) groups is 2. The highest BCUT2D eigenvalue weighted by molar-refractivity contribution is 7.09. The minimum Gasteiger partial charge on any atom is -0.356 e. The SMILES string of the molecule is C=CC(=O)N1CCCC(c2nc(CCNC(C)=O)cs2)C1. The fourth-order valence-electron chi connectivity index (χ4n) is 2.50. The largest absolute Gasteiger partial charge is 0.356 e. The predicted octanol–water partition coefficient (Wildman–Crippen LogP) is 1.71. The van der Waals surface area contributed by atoms with Crippen LogP contribution in [0, 0.1) is 0 Å². The summed E-state index contributed by atoms with van der Waals surface area (Å²) in [5.74, 6) is 0.306. The average Bonchev–Trinajstić information content (AvgIpc) is 2.95. The number of thiazole rings is 1. The summed E-state index contributed by atoms with van der Waals surface area (Å²) in [4.78, 5) is 29.0. The van der Waals surface area contributed by atoms with Crippen molar-refractivity contribution in [2.24, 2.45) is 0 Å². The summed E-state index contributed by atoms with van der Waals surface area (Å²) in [5.41, 5.74) is 1.01. The van der Waals surface area contributed by atoms with Gasteiger partial charge in [0.15, 0.2) is 0 Å². The lowest BCUT2D eigenvalue weighted by atomic mass is 9.98. The number of carbonyl (C=O) groups excluding carboxylic acids is 2. The van der Waals surface area contributed by atoms with E-state index in [0.29, 0.717) is 12.5 Å². The van der Waals surface area contributed by atoms with Crippen molar-refractivity contribution in [1.29, 1.82) is 0 Å². The van der Waals surface area contributed by atoms with Gasteiger partial charge >= 0.3 is 0 Å². The first-order chi connectivity index (χ1) is 10.1. The maximum atomic E-state index is 11.7. The number of likely N-dealkylation sites (tertiary alicyclic amines) is 1. The molecule has 1 unspecified atom stereocenters. The zero-order valence-electron chi connectivity index (χ0n) is 12.3. The van der Waals surface area contributed by atoms with Crippen molar-refractivity contribution < 1.29 is 9.59 Å². The molecule has 1 saturated heterocycles. The normalized spacial score (nSPS) is 18.3. The zero-order valence-corrected chi connectivity index (χ0v) is 13.1. The van der Waals surface area contributed by atoms with Crippen molar-refractivity contribution in [3.05, 3.63) is 28.7 Å². The minimum absolute atomic E-state index is 0.00198. The van der Waals surface area contributed by atoms with E-state index < -0.39 is 0 Å². The number of nitrogens with zero attached hydrogens (tertiary/aromatic N) is 2. The Labute approximate surface area is 129 Å². The van der Waals surface area contributed by atoms with Gasteiger partial charge in [-0.3, -0.25) is 9.59 Å². The van der Waals surface area contributed by atoms with Crippen molar-refractivity contribution in [1.82, 2.24) is 15.2 Å². The molecule has 1 aromatic heterocycles. The molecule has 1 aromatic rings. The van der Waals surface area contributed by atoms with Crippen LogP contribution in [0.4, 0.5) is 0 Å². The van der Waals surface area contributed by atoms with E-state index in [2.05, 4.69) is 16.9 Å². The molecule has 1 aliphatic heterocycles. The monoisotopic (exact) mass is 307 g/mol. The van der Waals surface area contributed by atoms with Gasteiger partial charge in [-0.25, -0.2) is 4.98 Å². The number of nitrogens with one attached hydrogen (secondary N) is 1. The van der Waals surface area contributed by atoms with Crippen LogP contribution in [0.3, 0.4) is 0 Å². The van der Waals surface area contributed by atoms with Crippen LogP contribution in [0.5, 0.6) is 0 Å². The van der Waals surface area contributed by atoms with Crippen LogP contribution in [0.25, 0.3) is 0 Å². The molecule has 1 aliphatic rings. The Morgan fingerprint density at radius 2 is 2.43 bits per heavy atom.